The molecule has 0 aliphatic rings. The van der Waals surface area contributed by atoms with Crippen LogP contribution in [0.5, 0.6) is 0 Å². The van der Waals surface area contributed by atoms with Crippen molar-refractivity contribution in [3.05, 3.63) is 40.7 Å². The number of amides is 2. The molecule has 2 rings (SSSR count). The van der Waals surface area contributed by atoms with Crippen LogP contribution in [-0.2, 0) is 23.9 Å². The first-order chi connectivity index (χ1) is 12.6. The lowest BCUT2D eigenvalue weighted by molar-refractivity contribution is -0.141. The Labute approximate surface area is 153 Å². The molecule has 0 aliphatic carbocycles. The van der Waals surface area contributed by atoms with Crippen LogP contribution in [-0.4, -0.2) is 38.1 Å². The zero-order valence-corrected chi connectivity index (χ0v) is 14.8. The Balaban J connectivity index is 1.87. The van der Waals surface area contributed by atoms with E-state index in [0.717, 1.165) is 10.7 Å². The van der Waals surface area contributed by atoms with Gasteiger partial charge in [0.25, 0.3) is 5.91 Å². The molecule has 0 aliphatic heterocycles. The number of hydrogen-bond acceptors (Lipinski definition) is 5. The van der Waals surface area contributed by atoms with Gasteiger partial charge >= 0.3 is 6.18 Å². The highest BCUT2D eigenvalue weighted by Crippen LogP contribution is 2.28. The fourth-order valence-corrected chi connectivity index (χ4v) is 2.40. The second-order valence-electron chi connectivity index (χ2n) is 5.88. The lowest BCUT2D eigenvalue weighted by Gasteiger charge is -2.09. The second kappa shape index (κ2) is 8.14. The summed E-state index contributed by atoms with van der Waals surface area (Å²) in [6, 6.07) is 0.931. The number of nitrogens with one attached hydrogen (secondary N) is 1. The number of carbonyl (C=O) groups excluding carboxylic acids is 2. The van der Waals surface area contributed by atoms with Crippen molar-refractivity contribution >= 4 is 11.8 Å². The van der Waals surface area contributed by atoms with Gasteiger partial charge in [0.05, 0.1) is 11.3 Å². The number of halogens is 3. The largest absolute Gasteiger partial charge is 0.435 e. The van der Waals surface area contributed by atoms with Crippen LogP contribution in [0.3, 0.4) is 0 Å². The van der Waals surface area contributed by atoms with Gasteiger partial charge in [-0.2, -0.15) is 18.3 Å². The molecule has 0 saturated carbocycles. The predicted octanol–water partition coefficient (Wildman–Crippen LogP) is 1.16. The summed E-state index contributed by atoms with van der Waals surface area (Å²) in [5, 5.41) is 6.09. The number of nitrogens with zero attached hydrogens (tertiary/aromatic N) is 4. The number of alkyl halides is 3. The molecule has 0 fully saturated rings. The molecule has 2 aromatic rings. The van der Waals surface area contributed by atoms with Crippen LogP contribution in [0.2, 0.25) is 0 Å². The van der Waals surface area contributed by atoms with Gasteiger partial charge in [0.2, 0.25) is 5.91 Å². The Bertz CT molecular complexity index is 847. The maximum atomic E-state index is 12.6. The van der Waals surface area contributed by atoms with Crippen molar-refractivity contribution in [3.8, 4) is 0 Å². The molecule has 0 bridgehead atoms. The fourth-order valence-electron chi connectivity index (χ4n) is 2.40. The molecule has 0 unspecified atom stereocenters. The SMILES string of the molecule is Cc1ncc(C(N)=O)c(CCNC(=O)CCn2nc(C(F)(F)F)cc2C)n1. The zero-order valence-electron chi connectivity index (χ0n) is 14.8. The lowest BCUT2D eigenvalue weighted by Crippen LogP contribution is -2.28. The summed E-state index contributed by atoms with van der Waals surface area (Å²) in [5.41, 5.74) is 5.19. The van der Waals surface area contributed by atoms with E-state index in [9.17, 15) is 22.8 Å². The Hall–Kier alpha value is -2.98. The third-order valence-electron chi connectivity index (χ3n) is 3.76. The van der Waals surface area contributed by atoms with Crippen LogP contribution >= 0.6 is 0 Å². The van der Waals surface area contributed by atoms with Gasteiger partial charge in [-0.3, -0.25) is 14.3 Å². The molecule has 146 valence electrons. The molecule has 0 radical (unpaired) electrons. The molecule has 0 aromatic carbocycles. The highest BCUT2D eigenvalue weighted by atomic mass is 19.4. The summed E-state index contributed by atoms with van der Waals surface area (Å²) in [6.45, 7) is 3.37. The van der Waals surface area contributed by atoms with Crippen LogP contribution < -0.4 is 11.1 Å². The van der Waals surface area contributed by atoms with Crippen molar-refractivity contribution in [2.75, 3.05) is 6.54 Å². The Morgan fingerprint density at radius 2 is 2.00 bits per heavy atom. The van der Waals surface area contributed by atoms with Gasteiger partial charge in [0, 0.05) is 37.8 Å². The molecule has 0 saturated heterocycles. The van der Waals surface area contributed by atoms with E-state index in [-0.39, 0.29) is 37.4 Å². The average Bonchev–Trinajstić information content (AvgIpc) is 2.94. The maximum absolute atomic E-state index is 12.6. The van der Waals surface area contributed by atoms with Gasteiger partial charge in [0.15, 0.2) is 5.69 Å². The van der Waals surface area contributed by atoms with Crippen LogP contribution in [0.1, 0.15) is 39.7 Å². The van der Waals surface area contributed by atoms with Crippen molar-refractivity contribution in [3.63, 3.8) is 0 Å². The highest BCUT2D eigenvalue weighted by Gasteiger charge is 2.34. The van der Waals surface area contributed by atoms with Crippen LogP contribution in [0.15, 0.2) is 12.3 Å². The Kier molecular flexibility index (Phi) is 6.13. The van der Waals surface area contributed by atoms with E-state index in [1.165, 1.54) is 13.1 Å². The van der Waals surface area contributed by atoms with Crippen molar-refractivity contribution in [2.24, 2.45) is 5.73 Å². The predicted molar refractivity (Wildman–Crippen MR) is 88.6 cm³/mol. The maximum Gasteiger partial charge on any atom is 0.435 e. The highest BCUT2D eigenvalue weighted by molar-refractivity contribution is 5.93. The molecule has 0 spiro atoms. The van der Waals surface area contributed by atoms with E-state index in [1.54, 1.807) is 6.92 Å². The van der Waals surface area contributed by atoms with E-state index in [2.05, 4.69) is 20.4 Å². The Morgan fingerprint density at radius 3 is 2.59 bits per heavy atom. The number of hydrogen-bond donors (Lipinski definition) is 2. The third-order valence-corrected chi connectivity index (χ3v) is 3.76. The van der Waals surface area contributed by atoms with E-state index < -0.39 is 17.8 Å². The number of nitrogens with two attached hydrogens (primary N) is 1. The average molecular weight is 384 g/mol. The zero-order chi connectivity index (χ0) is 20.2. The molecule has 27 heavy (non-hydrogen) atoms. The third kappa shape index (κ3) is 5.50. The van der Waals surface area contributed by atoms with Crippen LogP contribution in [0.25, 0.3) is 0 Å². The van der Waals surface area contributed by atoms with Crippen LogP contribution in [0.4, 0.5) is 13.2 Å². The number of aromatic nitrogens is 4. The summed E-state index contributed by atoms with van der Waals surface area (Å²) in [7, 11) is 0. The van der Waals surface area contributed by atoms with Gasteiger partial charge in [0.1, 0.15) is 5.82 Å². The van der Waals surface area contributed by atoms with Crippen molar-refractivity contribution in [1.29, 1.82) is 0 Å². The van der Waals surface area contributed by atoms with Crippen molar-refractivity contribution < 1.29 is 22.8 Å². The molecule has 2 aromatic heterocycles. The first kappa shape index (κ1) is 20.3. The van der Waals surface area contributed by atoms with E-state index >= 15 is 0 Å². The smallest absolute Gasteiger partial charge is 0.365 e. The quantitative estimate of drug-likeness (QED) is 0.743. The second-order valence-corrected chi connectivity index (χ2v) is 5.88. The first-order valence-corrected chi connectivity index (χ1v) is 8.08. The number of aryl methyl sites for hydroxylation is 3. The topological polar surface area (TPSA) is 116 Å². The van der Waals surface area contributed by atoms with E-state index in [4.69, 9.17) is 5.73 Å². The van der Waals surface area contributed by atoms with Gasteiger partial charge in [-0.25, -0.2) is 9.97 Å². The molecule has 0 atom stereocenters. The summed E-state index contributed by atoms with van der Waals surface area (Å²) >= 11 is 0. The summed E-state index contributed by atoms with van der Waals surface area (Å²) in [5.74, 6) is -0.549. The van der Waals surface area contributed by atoms with Gasteiger partial charge in [-0.15, -0.1) is 0 Å². The molecular weight excluding hydrogens is 365 g/mol. The normalized spacial score (nSPS) is 11.4. The molecule has 3 N–H and O–H groups in total. The number of rotatable bonds is 7. The first-order valence-electron chi connectivity index (χ1n) is 8.08. The minimum absolute atomic E-state index is 0.0207. The molecular formula is C16H19F3N6O2. The monoisotopic (exact) mass is 384 g/mol. The van der Waals surface area contributed by atoms with E-state index in [0.29, 0.717) is 17.2 Å². The van der Waals surface area contributed by atoms with Crippen molar-refractivity contribution in [2.45, 2.75) is 39.4 Å². The Morgan fingerprint density at radius 1 is 1.30 bits per heavy atom. The van der Waals surface area contributed by atoms with Gasteiger partial charge in [-0.05, 0) is 19.9 Å². The standard InChI is InChI=1S/C16H19F3N6O2/c1-9-7-13(16(17,18)19)24-25(9)6-4-14(26)21-5-3-12-11(15(20)27)8-22-10(2)23-12/h7-8H,3-6H2,1-2H3,(H2,20,27)(H,21,26). The fraction of sp³-hybridized carbons (Fsp3) is 0.438. The van der Waals surface area contributed by atoms with Gasteiger partial charge in [-0.1, -0.05) is 0 Å². The summed E-state index contributed by atoms with van der Waals surface area (Å²) in [4.78, 5) is 31.3. The molecule has 2 amide bonds. The molecule has 11 heteroatoms. The number of carbonyl (C=O) groups is 2. The number of primary amides is 1. The van der Waals surface area contributed by atoms with E-state index in [1.807, 2.05) is 0 Å². The lowest BCUT2D eigenvalue weighted by atomic mass is 10.1. The molecule has 8 nitrogen and oxygen atoms in total. The van der Waals surface area contributed by atoms with Crippen molar-refractivity contribution in [1.82, 2.24) is 25.1 Å². The van der Waals surface area contributed by atoms with Crippen LogP contribution in [0, 0.1) is 13.8 Å². The summed E-state index contributed by atoms with van der Waals surface area (Å²) in [6.07, 6.45) is -2.95. The molecule has 2 heterocycles. The van der Waals surface area contributed by atoms with Gasteiger partial charge < -0.3 is 11.1 Å². The summed E-state index contributed by atoms with van der Waals surface area (Å²) < 4.78 is 39.0. The minimum Gasteiger partial charge on any atom is -0.365 e. The minimum atomic E-state index is -4.52.